The standard InChI is InChI=1S/C9H12O3/c1-8(2)3-4-9(11,12)7(5-8)6-10/h3-6,11-12H,1-2H3. The molecule has 12 heavy (non-hydrogen) atoms. The highest BCUT2D eigenvalue weighted by Gasteiger charge is 2.31. The summed E-state index contributed by atoms with van der Waals surface area (Å²) in [5.41, 5.74) is -0.291. The average Bonchev–Trinajstić information content (AvgIpc) is 1.95. The third kappa shape index (κ3) is 1.62. The predicted molar refractivity (Wildman–Crippen MR) is 44.2 cm³/mol. The second kappa shape index (κ2) is 2.54. The minimum Gasteiger partial charge on any atom is -0.359 e. The zero-order chi connectivity index (χ0) is 9.41. The van der Waals surface area contributed by atoms with Crippen LogP contribution in [0.2, 0.25) is 0 Å². The molecule has 0 spiro atoms. The molecule has 0 unspecified atom stereocenters. The quantitative estimate of drug-likeness (QED) is 0.338. The lowest BCUT2D eigenvalue weighted by Gasteiger charge is -2.28. The number of hydrogen-bond donors (Lipinski definition) is 2. The Balaban J connectivity index is 3.08. The van der Waals surface area contributed by atoms with Gasteiger partial charge in [-0.3, -0.25) is 4.79 Å². The number of aliphatic hydroxyl groups is 2. The van der Waals surface area contributed by atoms with Crippen LogP contribution in [-0.2, 0) is 4.79 Å². The molecule has 1 rings (SSSR count). The molecular formula is C9H12O3. The summed E-state index contributed by atoms with van der Waals surface area (Å²) in [6.07, 6.45) is 4.88. The van der Waals surface area contributed by atoms with E-state index in [1.807, 2.05) is 13.8 Å². The number of allylic oxidation sites excluding steroid dienone is 2. The van der Waals surface area contributed by atoms with E-state index >= 15 is 0 Å². The number of rotatable bonds is 1. The molecule has 0 aromatic rings. The summed E-state index contributed by atoms with van der Waals surface area (Å²) in [7, 11) is 0. The van der Waals surface area contributed by atoms with E-state index in [2.05, 4.69) is 0 Å². The molecule has 0 aromatic heterocycles. The fraction of sp³-hybridized carbons (Fsp3) is 0.444. The third-order valence-electron chi connectivity index (χ3n) is 1.82. The molecule has 0 amide bonds. The van der Waals surface area contributed by atoms with Gasteiger partial charge in [0.1, 0.15) is 0 Å². The van der Waals surface area contributed by atoms with Gasteiger partial charge in [-0.25, -0.2) is 0 Å². The van der Waals surface area contributed by atoms with Crippen LogP contribution in [0.1, 0.15) is 13.8 Å². The molecule has 0 heterocycles. The van der Waals surface area contributed by atoms with Crippen molar-refractivity contribution in [2.24, 2.45) is 5.41 Å². The molecule has 0 saturated carbocycles. The topological polar surface area (TPSA) is 57.5 Å². The molecule has 0 radical (unpaired) electrons. The van der Waals surface area contributed by atoms with Crippen LogP contribution in [0.25, 0.3) is 0 Å². The summed E-state index contributed by atoms with van der Waals surface area (Å²) in [6, 6.07) is 0. The van der Waals surface area contributed by atoms with Crippen molar-refractivity contribution in [3.05, 3.63) is 23.8 Å². The third-order valence-corrected chi connectivity index (χ3v) is 1.82. The van der Waals surface area contributed by atoms with Crippen LogP contribution in [0.3, 0.4) is 0 Å². The van der Waals surface area contributed by atoms with E-state index in [1.165, 1.54) is 6.08 Å². The zero-order valence-electron chi connectivity index (χ0n) is 7.11. The van der Waals surface area contributed by atoms with Crippen molar-refractivity contribution in [1.82, 2.24) is 0 Å². The minimum atomic E-state index is -2.09. The van der Waals surface area contributed by atoms with Gasteiger partial charge in [-0.05, 0) is 6.08 Å². The van der Waals surface area contributed by atoms with Gasteiger partial charge in [0.15, 0.2) is 6.29 Å². The second-order valence-corrected chi connectivity index (χ2v) is 3.60. The van der Waals surface area contributed by atoms with E-state index in [9.17, 15) is 15.0 Å². The fourth-order valence-corrected chi connectivity index (χ4v) is 1.10. The van der Waals surface area contributed by atoms with Gasteiger partial charge in [0.2, 0.25) is 5.79 Å². The molecule has 3 nitrogen and oxygen atoms in total. The van der Waals surface area contributed by atoms with Crippen LogP contribution in [0.4, 0.5) is 0 Å². The van der Waals surface area contributed by atoms with Crippen LogP contribution in [0, 0.1) is 5.41 Å². The first-order valence-corrected chi connectivity index (χ1v) is 3.71. The largest absolute Gasteiger partial charge is 0.359 e. The van der Waals surface area contributed by atoms with Gasteiger partial charge in [0, 0.05) is 5.41 Å². The highest BCUT2D eigenvalue weighted by molar-refractivity contribution is 5.77. The molecule has 0 saturated heterocycles. The van der Waals surface area contributed by atoms with E-state index in [0.29, 0.717) is 6.29 Å². The Bertz CT molecular complexity index is 259. The van der Waals surface area contributed by atoms with Gasteiger partial charge in [-0.15, -0.1) is 0 Å². The molecule has 0 bridgehead atoms. The lowest BCUT2D eigenvalue weighted by molar-refractivity contribution is -0.117. The van der Waals surface area contributed by atoms with E-state index in [0.717, 1.165) is 0 Å². The maximum Gasteiger partial charge on any atom is 0.213 e. The number of hydrogen-bond acceptors (Lipinski definition) is 3. The molecule has 2 N–H and O–H groups in total. The minimum absolute atomic E-state index is 0.00463. The van der Waals surface area contributed by atoms with Gasteiger partial charge in [-0.1, -0.05) is 26.0 Å². The summed E-state index contributed by atoms with van der Waals surface area (Å²) in [6.45, 7) is 3.75. The maximum absolute atomic E-state index is 10.4. The first kappa shape index (κ1) is 9.16. The predicted octanol–water partition coefficient (Wildman–Crippen LogP) is 0.389. The van der Waals surface area contributed by atoms with Crippen molar-refractivity contribution in [2.45, 2.75) is 19.6 Å². The van der Waals surface area contributed by atoms with Gasteiger partial charge in [-0.2, -0.15) is 0 Å². The first-order valence-electron chi connectivity index (χ1n) is 3.71. The van der Waals surface area contributed by atoms with E-state index in [-0.39, 0.29) is 11.0 Å². The number of carbonyl (C=O) groups is 1. The van der Waals surface area contributed by atoms with E-state index < -0.39 is 5.79 Å². The Morgan fingerprint density at radius 2 is 1.92 bits per heavy atom. The lowest BCUT2D eigenvalue weighted by Crippen LogP contribution is -2.33. The zero-order valence-corrected chi connectivity index (χ0v) is 7.11. The lowest BCUT2D eigenvalue weighted by atomic mass is 9.83. The van der Waals surface area contributed by atoms with Crippen molar-refractivity contribution < 1.29 is 15.0 Å². The summed E-state index contributed by atoms with van der Waals surface area (Å²) in [5, 5.41) is 18.5. The van der Waals surface area contributed by atoms with Crippen molar-refractivity contribution in [1.29, 1.82) is 0 Å². The highest BCUT2D eigenvalue weighted by atomic mass is 16.5. The Labute approximate surface area is 71.0 Å². The molecule has 0 atom stereocenters. The van der Waals surface area contributed by atoms with Crippen molar-refractivity contribution in [2.75, 3.05) is 0 Å². The van der Waals surface area contributed by atoms with Crippen LogP contribution in [-0.4, -0.2) is 22.3 Å². The Morgan fingerprint density at radius 1 is 1.33 bits per heavy atom. The average molecular weight is 168 g/mol. The van der Waals surface area contributed by atoms with Gasteiger partial charge < -0.3 is 10.2 Å². The summed E-state index contributed by atoms with van der Waals surface area (Å²) < 4.78 is 0. The molecule has 3 heteroatoms. The Hall–Kier alpha value is -0.930. The van der Waals surface area contributed by atoms with E-state index in [4.69, 9.17) is 0 Å². The van der Waals surface area contributed by atoms with Crippen molar-refractivity contribution in [3.8, 4) is 0 Å². The van der Waals surface area contributed by atoms with Crippen molar-refractivity contribution >= 4 is 6.29 Å². The molecular weight excluding hydrogens is 156 g/mol. The normalized spacial score (nSPS) is 24.8. The molecule has 0 aliphatic heterocycles. The van der Waals surface area contributed by atoms with Crippen molar-refractivity contribution in [3.63, 3.8) is 0 Å². The van der Waals surface area contributed by atoms with E-state index in [1.54, 1.807) is 12.2 Å². The van der Waals surface area contributed by atoms with Gasteiger partial charge in [0.25, 0.3) is 0 Å². The molecule has 1 aliphatic carbocycles. The molecule has 0 aromatic carbocycles. The fourth-order valence-electron chi connectivity index (χ4n) is 1.10. The van der Waals surface area contributed by atoms with Crippen LogP contribution in [0.15, 0.2) is 23.8 Å². The Morgan fingerprint density at radius 3 is 2.33 bits per heavy atom. The molecule has 66 valence electrons. The molecule has 1 aliphatic rings. The van der Waals surface area contributed by atoms with Gasteiger partial charge >= 0.3 is 0 Å². The Kier molecular flexibility index (Phi) is 1.94. The molecule has 0 fully saturated rings. The summed E-state index contributed by atoms with van der Waals surface area (Å²) in [5.74, 6) is -2.09. The van der Waals surface area contributed by atoms with Crippen LogP contribution >= 0.6 is 0 Å². The van der Waals surface area contributed by atoms with Gasteiger partial charge in [0.05, 0.1) is 5.57 Å². The highest BCUT2D eigenvalue weighted by Crippen LogP contribution is 2.30. The number of aldehydes is 1. The monoisotopic (exact) mass is 168 g/mol. The second-order valence-electron chi connectivity index (χ2n) is 3.60. The first-order chi connectivity index (χ1) is 5.37. The van der Waals surface area contributed by atoms with Crippen LogP contribution < -0.4 is 0 Å². The summed E-state index contributed by atoms with van der Waals surface area (Å²) >= 11 is 0. The number of carbonyl (C=O) groups excluding carboxylic acids is 1. The maximum atomic E-state index is 10.4. The summed E-state index contributed by atoms with van der Waals surface area (Å²) in [4.78, 5) is 10.4. The SMILES string of the molecule is CC1(C)C=CC(O)(O)C(C=O)=C1. The smallest absolute Gasteiger partial charge is 0.213 e. The van der Waals surface area contributed by atoms with Crippen LogP contribution in [0.5, 0.6) is 0 Å².